The molecule has 1 aliphatic rings. The summed E-state index contributed by atoms with van der Waals surface area (Å²) in [7, 11) is -1.99. The Morgan fingerprint density at radius 3 is 2.68 bits per heavy atom. The summed E-state index contributed by atoms with van der Waals surface area (Å²) in [6, 6.07) is 0.0242. The largest absolute Gasteiger partial charge is 0.396 e. The lowest BCUT2D eigenvalue weighted by molar-refractivity contribution is 0.198. The van der Waals surface area contributed by atoms with E-state index in [9.17, 15) is 8.42 Å². The zero-order valence-electron chi connectivity index (χ0n) is 11.0. The van der Waals surface area contributed by atoms with Gasteiger partial charge in [-0.1, -0.05) is 6.42 Å². The van der Waals surface area contributed by atoms with Gasteiger partial charge in [-0.05, 0) is 19.3 Å². The molecule has 0 saturated heterocycles. The molecule has 8 heteroatoms. The van der Waals surface area contributed by atoms with Crippen LogP contribution in [0.2, 0.25) is 0 Å². The van der Waals surface area contributed by atoms with E-state index in [1.165, 1.54) is 15.2 Å². The van der Waals surface area contributed by atoms with Crippen LogP contribution in [0.15, 0.2) is 11.1 Å². The van der Waals surface area contributed by atoms with Crippen LogP contribution in [-0.4, -0.2) is 46.8 Å². The molecule has 0 spiro atoms. The van der Waals surface area contributed by atoms with Crippen molar-refractivity contribution >= 4 is 15.8 Å². The number of aliphatic hydroxyl groups excluding tert-OH is 1. The minimum atomic E-state index is -3.63. The highest BCUT2D eigenvalue weighted by atomic mass is 32.2. The van der Waals surface area contributed by atoms with E-state index in [2.05, 4.69) is 5.10 Å². The maximum Gasteiger partial charge on any atom is 0.248 e. The first kappa shape index (κ1) is 14.3. The lowest BCUT2D eigenvalue weighted by Gasteiger charge is -2.36. The van der Waals surface area contributed by atoms with E-state index in [1.54, 1.807) is 7.05 Å². The summed E-state index contributed by atoms with van der Waals surface area (Å²) < 4.78 is 28.1. The number of aliphatic hydroxyl groups is 1. The minimum absolute atomic E-state index is 0.0239. The van der Waals surface area contributed by atoms with Crippen molar-refractivity contribution in [1.29, 1.82) is 0 Å². The Morgan fingerprint density at radius 1 is 1.58 bits per heavy atom. The van der Waals surface area contributed by atoms with Crippen LogP contribution >= 0.6 is 0 Å². The van der Waals surface area contributed by atoms with Crippen molar-refractivity contribution in [2.75, 3.05) is 18.9 Å². The van der Waals surface area contributed by atoms with Gasteiger partial charge in [-0.15, -0.1) is 0 Å². The maximum atomic E-state index is 12.6. The molecule has 0 amide bonds. The highest BCUT2D eigenvalue weighted by Gasteiger charge is 2.36. The van der Waals surface area contributed by atoms with Crippen LogP contribution in [0.1, 0.15) is 25.7 Å². The molecular formula is C11H20N4O3S. The zero-order chi connectivity index (χ0) is 14.0. The molecule has 0 aromatic carbocycles. The van der Waals surface area contributed by atoms with E-state index in [0.29, 0.717) is 13.0 Å². The lowest BCUT2D eigenvalue weighted by atomic mass is 9.93. The van der Waals surface area contributed by atoms with Crippen LogP contribution < -0.4 is 5.73 Å². The van der Waals surface area contributed by atoms with Gasteiger partial charge in [0.2, 0.25) is 10.0 Å². The van der Waals surface area contributed by atoms with Crippen LogP contribution in [0, 0.1) is 0 Å². The van der Waals surface area contributed by atoms with Crippen molar-refractivity contribution in [3.05, 3.63) is 6.20 Å². The summed E-state index contributed by atoms with van der Waals surface area (Å²) in [5.41, 5.74) is 5.67. The number of rotatable bonds is 6. The second-order valence-corrected chi connectivity index (χ2v) is 6.69. The molecule has 7 nitrogen and oxygen atoms in total. The summed E-state index contributed by atoms with van der Waals surface area (Å²) in [4.78, 5) is 0.0554. The fourth-order valence-electron chi connectivity index (χ4n) is 2.21. The van der Waals surface area contributed by atoms with Crippen molar-refractivity contribution in [2.24, 2.45) is 7.05 Å². The van der Waals surface area contributed by atoms with Gasteiger partial charge in [-0.2, -0.15) is 9.40 Å². The Bertz CT molecular complexity index is 536. The lowest BCUT2D eigenvalue weighted by Crippen LogP contribution is -2.44. The van der Waals surface area contributed by atoms with Gasteiger partial charge in [0.25, 0.3) is 0 Å². The van der Waals surface area contributed by atoms with Crippen molar-refractivity contribution in [3.8, 4) is 0 Å². The third-order valence-electron chi connectivity index (χ3n) is 3.43. The molecule has 1 aromatic heterocycles. The number of aryl methyl sites for hydroxylation is 1. The molecule has 19 heavy (non-hydrogen) atoms. The Labute approximate surface area is 113 Å². The molecule has 1 aliphatic carbocycles. The highest BCUT2D eigenvalue weighted by molar-refractivity contribution is 7.89. The third-order valence-corrected chi connectivity index (χ3v) is 5.40. The summed E-state index contributed by atoms with van der Waals surface area (Å²) in [5, 5.41) is 12.8. The second kappa shape index (κ2) is 5.48. The molecule has 0 radical (unpaired) electrons. The minimum Gasteiger partial charge on any atom is -0.396 e. The van der Waals surface area contributed by atoms with E-state index >= 15 is 0 Å². The topological polar surface area (TPSA) is 101 Å². The number of aromatic nitrogens is 2. The number of anilines is 1. The average Bonchev–Trinajstić information content (AvgIpc) is 2.61. The Kier molecular flexibility index (Phi) is 4.12. The predicted molar refractivity (Wildman–Crippen MR) is 70.9 cm³/mol. The summed E-state index contributed by atoms with van der Waals surface area (Å²) >= 11 is 0. The van der Waals surface area contributed by atoms with Gasteiger partial charge in [0, 0.05) is 32.4 Å². The van der Waals surface area contributed by atoms with Crippen molar-refractivity contribution < 1.29 is 13.5 Å². The Morgan fingerprint density at radius 2 is 2.26 bits per heavy atom. The van der Waals surface area contributed by atoms with Gasteiger partial charge >= 0.3 is 0 Å². The standard InChI is InChI=1S/C11H20N4O3S/c1-14-8-10(11(12)13-14)19(17,18)15(6-3-7-16)9-4-2-5-9/h8-9,16H,2-7H2,1H3,(H2,12,13). The fourth-order valence-corrected chi connectivity index (χ4v) is 4.03. The molecule has 2 rings (SSSR count). The number of hydrogen-bond acceptors (Lipinski definition) is 5. The SMILES string of the molecule is Cn1cc(S(=O)(=O)N(CCCO)C2CCC2)c(N)n1. The number of nitrogen functional groups attached to an aromatic ring is 1. The van der Waals surface area contributed by atoms with Crippen molar-refractivity contribution in [1.82, 2.24) is 14.1 Å². The molecule has 1 saturated carbocycles. The van der Waals surface area contributed by atoms with Crippen LogP contribution in [0.5, 0.6) is 0 Å². The fraction of sp³-hybridized carbons (Fsp3) is 0.727. The number of sulfonamides is 1. The normalized spacial score (nSPS) is 16.8. The molecule has 0 unspecified atom stereocenters. The molecule has 1 aromatic rings. The van der Waals surface area contributed by atoms with E-state index in [1.807, 2.05) is 0 Å². The Hall–Kier alpha value is -1.12. The van der Waals surface area contributed by atoms with Crippen LogP contribution in [0.4, 0.5) is 5.82 Å². The Balaban J connectivity index is 2.30. The number of nitrogens with zero attached hydrogens (tertiary/aromatic N) is 3. The zero-order valence-corrected chi connectivity index (χ0v) is 11.8. The first-order valence-electron chi connectivity index (χ1n) is 6.38. The summed E-state index contributed by atoms with van der Waals surface area (Å²) in [6.45, 7) is 0.291. The van der Waals surface area contributed by atoms with Gasteiger partial charge in [0.05, 0.1) is 0 Å². The molecule has 108 valence electrons. The monoisotopic (exact) mass is 288 g/mol. The van der Waals surface area contributed by atoms with E-state index in [0.717, 1.165) is 19.3 Å². The van der Waals surface area contributed by atoms with E-state index < -0.39 is 10.0 Å². The molecule has 1 heterocycles. The smallest absolute Gasteiger partial charge is 0.248 e. The van der Waals surface area contributed by atoms with Gasteiger partial charge in [0.1, 0.15) is 4.90 Å². The van der Waals surface area contributed by atoms with Gasteiger partial charge in [-0.25, -0.2) is 8.42 Å². The van der Waals surface area contributed by atoms with Gasteiger partial charge in [0.15, 0.2) is 5.82 Å². The van der Waals surface area contributed by atoms with Gasteiger partial charge in [-0.3, -0.25) is 4.68 Å². The van der Waals surface area contributed by atoms with E-state index in [4.69, 9.17) is 10.8 Å². The maximum absolute atomic E-state index is 12.6. The summed E-state index contributed by atoms with van der Waals surface area (Å²) in [5.74, 6) is 0.0239. The number of nitrogens with two attached hydrogens (primary N) is 1. The van der Waals surface area contributed by atoms with Crippen LogP contribution in [0.25, 0.3) is 0 Å². The van der Waals surface area contributed by atoms with Crippen molar-refractivity contribution in [3.63, 3.8) is 0 Å². The molecule has 3 N–H and O–H groups in total. The van der Waals surface area contributed by atoms with Crippen molar-refractivity contribution in [2.45, 2.75) is 36.6 Å². The molecular weight excluding hydrogens is 268 g/mol. The third kappa shape index (κ3) is 2.75. The average molecular weight is 288 g/mol. The predicted octanol–water partition coefficient (Wildman–Crippen LogP) is -0.0721. The molecule has 0 atom stereocenters. The molecule has 1 fully saturated rings. The molecule has 0 aliphatic heterocycles. The summed E-state index contributed by atoms with van der Waals surface area (Å²) in [6.07, 6.45) is 4.62. The van der Waals surface area contributed by atoms with E-state index in [-0.39, 0.29) is 23.4 Å². The highest BCUT2D eigenvalue weighted by Crippen LogP contribution is 2.31. The first-order valence-corrected chi connectivity index (χ1v) is 7.82. The number of hydrogen-bond donors (Lipinski definition) is 2. The molecule has 0 bridgehead atoms. The second-order valence-electron chi connectivity index (χ2n) is 4.83. The van der Waals surface area contributed by atoms with Crippen LogP contribution in [0.3, 0.4) is 0 Å². The quantitative estimate of drug-likeness (QED) is 0.763. The van der Waals surface area contributed by atoms with Gasteiger partial charge < -0.3 is 10.8 Å². The van der Waals surface area contributed by atoms with Crippen LogP contribution in [-0.2, 0) is 17.1 Å². The first-order chi connectivity index (χ1) is 8.96.